The van der Waals surface area contributed by atoms with Crippen molar-refractivity contribution < 1.29 is 14.2 Å². The molecule has 2 aromatic carbocycles. The number of aliphatic hydroxyl groups is 1. The molecular formula is C27H28FNO2. The lowest BCUT2D eigenvalue weighted by atomic mass is 10.0. The molecule has 1 heterocycles. The quantitative estimate of drug-likeness (QED) is 0.295. The maximum atomic E-state index is 14.2. The van der Waals surface area contributed by atoms with Gasteiger partial charge in [-0.1, -0.05) is 55.1 Å². The van der Waals surface area contributed by atoms with Crippen LogP contribution < -0.4 is 4.74 Å². The lowest BCUT2D eigenvalue weighted by Gasteiger charge is -2.08. The van der Waals surface area contributed by atoms with Gasteiger partial charge in [-0.3, -0.25) is 4.98 Å². The summed E-state index contributed by atoms with van der Waals surface area (Å²) in [6.07, 6.45) is 10.2. The number of ether oxygens (including phenoxy) is 1. The molecule has 1 unspecified atom stereocenters. The largest absolute Gasteiger partial charge is 0.486 e. The summed E-state index contributed by atoms with van der Waals surface area (Å²) in [5.41, 5.74) is 4.62. The summed E-state index contributed by atoms with van der Waals surface area (Å²) in [5, 5.41) is 9.29. The highest BCUT2D eigenvalue weighted by Gasteiger charge is 2.07. The molecule has 1 aromatic heterocycles. The van der Waals surface area contributed by atoms with Gasteiger partial charge in [0.05, 0.1) is 11.8 Å². The zero-order valence-electron chi connectivity index (χ0n) is 17.8. The van der Waals surface area contributed by atoms with Crippen molar-refractivity contribution in [2.45, 2.75) is 32.3 Å². The summed E-state index contributed by atoms with van der Waals surface area (Å²) in [4.78, 5) is 4.51. The Labute approximate surface area is 183 Å². The minimum absolute atomic E-state index is 0.206. The number of hydrogen-bond acceptors (Lipinski definition) is 3. The summed E-state index contributed by atoms with van der Waals surface area (Å²) >= 11 is 0. The summed E-state index contributed by atoms with van der Waals surface area (Å²) < 4.78 is 19.5. The van der Waals surface area contributed by atoms with Gasteiger partial charge in [-0.2, -0.15) is 0 Å². The predicted octanol–water partition coefficient (Wildman–Crippen LogP) is 6.68. The van der Waals surface area contributed by atoms with E-state index in [4.69, 9.17) is 4.74 Å². The lowest BCUT2D eigenvalue weighted by molar-refractivity contribution is 0.182. The first kappa shape index (κ1) is 22.4. The Bertz CT molecular complexity index is 1010. The van der Waals surface area contributed by atoms with Crippen LogP contribution in [0.2, 0.25) is 0 Å². The van der Waals surface area contributed by atoms with Crippen LogP contribution in [0.4, 0.5) is 4.39 Å². The number of allylic oxidation sites excluding steroid dienone is 1. The molecule has 0 radical (unpaired) electrons. The number of benzene rings is 2. The predicted molar refractivity (Wildman–Crippen MR) is 125 cm³/mol. The third kappa shape index (κ3) is 6.63. The molecule has 0 spiro atoms. The molecule has 3 rings (SSSR count). The molecule has 0 bridgehead atoms. The zero-order chi connectivity index (χ0) is 22.1. The second-order valence-electron chi connectivity index (χ2n) is 7.48. The molecule has 160 valence electrons. The smallest absolute Gasteiger partial charge is 0.165 e. The van der Waals surface area contributed by atoms with Gasteiger partial charge in [0.15, 0.2) is 11.6 Å². The first-order valence-corrected chi connectivity index (χ1v) is 10.5. The number of aliphatic hydroxyl groups excluding tert-OH is 1. The van der Waals surface area contributed by atoms with E-state index in [0.717, 1.165) is 36.0 Å². The highest BCUT2D eigenvalue weighted by molar-refractivity contribution is 5.68. The Hall–Kier alpha value is -3.24. The van der Waals surface area contributed by atoms with Crippen molar-refractivity contribution in [3.63, 3.8) is 0 Å². The van der Waals surface area contributed by atoms with Gasteiger partial charge in [0, 0.05) is 17.3 Å². The highest BCUT2D eigenvalue weighted by atomic mass is 19.1. The monoisotopic (exact) mass is 417 g/mol. The van der Waals surface area contributed by atoms with Gasteiger partial charge in [-0.25, -0.2) is 4.39 Å². The molecule has 3 nitrogen and oxygen atoms in total. The fourth-order valence-corrected chi connectivity index (χ4v) is 3.20. The Balaban J connectivity index is 1.64. The fraction of sp³-hybridized carbons (Fsp3) is 0.222. The fourth-order valence-electron chi connectivity index (χ4n) is 3.20. The highest BCUT2D eigenvalue weighted by Crippen LogP contribution is 2.26. The van der Waals surface area contributed by atoms with Gasteiger partial charge in [-0.15, -0.1) is 0 Å². The van der Waals surface area contributed by atoms with E-state index in [0.29, 0.717) is 11.3 Å². The minimum Gasteiger partial charge on any atom is -0.486 e. The van der Waals surface area contributed by atoms with E-state index in [9.17, 15) is 9.50 Å². The second kappa shape index (κ2) is 11.2. The molecule has 0 saturated heterocycles. The lowest BCUT2D eigenvalue weighted by Crippen LogP contribution is -1.97. The van der Waals surface area contributed by atoms with Crippen LogP contribution >= 0.6 is 0 Å². The van der Waals surface area contributed by atoms with Crippen LogP contribution in [0.25, 0.3) is 28.5 Å². The number of rotatable bonds is 10. The number of aromatic nitrogens is 1. The van der Waals surface area contributed by atoms with Crippen molar-refractivity contribution >= 4 is 6.08 Å². The Morgan fingerprint density at radius 3 is 2.45 bits per heavy atom. The number of hydrogen-bond donors (Lipinski definition) is 1. The molecule has 0 amide bonds. The van der Waals surface area contributed by atoms with Crippen LogP contribution in [0.15, 0.2) is 79.5 Å². The SMILES string of the molecule is C=CCOc1ccc(-c2ccc(-c3ccc(/C=C/CCCC(C)O)cc3)cn2)cc1F. The molecule has 1 atom stereocenters. The van der Waals surface area contributed by atoms with Gasteiger partial charge in [-0.05, 0) is 61.6 Å². The standard InChI is InChI=1S/C27H28FNO2/c1-3-17-31-27-16-14-23(18-25(27)28)26-15-13-24(19-29-26)22-11-9-21(10-12-22)8-6-4-5-7-20(2)30/h3,6,8-16,18-20,30H,1,4-5,7,17H2,2H3/b8-6+. The summed E-state index contributed by atoms with van der Waals surface area (Å²) in [7, 11) is 0. The van der Waals surface area contributed by atoms with Crippen LogP contribution in [0.3, 0.4) is 0 Å². The van der Waals surface area contributed by atoms with Gasteiger partial charge < -0.3 is 9.84 Å². The van der Waals surface area contributed by atoms with Crippen molar-refractivity contribution in [1.82, 2.24) is 4.98 Å². The Kier molecular flexibility index (Phi) is 8.13. The van der Waals surface area contributed by atoms with E-state index in [1.54, 1.807) is 24.4 Å². The number of halogens is 1. The van der Waals surface area contributed by atoms with Crippen molar-refractivity contribution in [2.75, 3.05) is 6.61 Å². The summed E-state index contributed by atoms with van der Waals surface area (Å²) in [6, 6.07) is 17.0. The molecule has 4 heteroatoms. The second-order valence-corrected chi connectivity index (χ2v) is 7.48. The topological polar surface area (TPSA) is 42.4 Å². The van der Waals surface area contributed by atoms with Gasteiger partial charge in [0.1, 0.15) is 6.61 Å². The van der Waals surface area contributed by atoms with Crippen LogP contribution in [-0.2, 0) is 0 Å². The molecule has 0 aliphatic heterocycles. The molecule has 0 aliphatic rings. The molecular weight excluding hydrogens is 389 g/mol. The van der Waals surface area contributed by atoms with Crippen molar-refractivity contribution in [2.24, 2.45) is 0 Å². The van der Waals surface area contributed by atoms with Crippen LogP contribution in [0.1, 0.15) is 31.7 Å². The maximum Gasteiger partial charge on any atom is 0.165 e. The molecule has 1 N–H and O–H groups in total. The third-order valence-corrected chi connectivity index (χ3v) is 4.89. The Morgan fingerprint density at radius 1 is 1.06 bits per heavy atom. The van der Waals surface area contributed by atoms with Crippen LogP contribution in [0, 0.1) is 5.82 Å². The number of unbranched alkanes of at least 4 members (excludes halogenated alkanes) is 1. The van der Waals surface area contributed by atoms with E-state index < -0.39 is 5.82 Å². The molecule has 0 aliphatic carbocycles. The van der Waals surface area contributed by atoms with Crippen molar-refractivity contribution in [3.05, 3.63) is 90.9 Å². The average Bonchev–Trinajstić information content (AvgIpc) is 2.78. The van der Waals surface area contributed by atoms with E-state index in [1.807, 2.05) is 19.1 Å². The molecule has 3 aromatic rings. The number of nitrogens with zero attached hydrogens (tertiary/aromatic N) is 1. The molecule has 0 saturated carbocycles. The summed E-state index contributed by atoms with van der Waals surface area (Å²) in [5.74, 6) is -0.211. The van der Waals surface area contributed by atoms with Crippen LogP contribution in [0.5, 0.6) is 5.75 Å². The normalized spacial score (nSPS) is 12.1. The van der Waals surface area contributed by atoms with E-state index in [1.165, 1.54) is 6.07 Å². The molecule has 0 fully saturated rings. The van der Waals surface area contributed by atoms with E-state index in [-0.39, 0.29) is 18.5 Å². The van der Waals surface area contributed by atoms with E-state index >= 15 is 0 Å². The zero-order valence-corrected chi connectivity index (χ0v) is 17.8. The Morgan fingerprint density at radius 2 is 1.81 bits per heavy atom. The van der Waals surface area contributed by atoms with Gasteiger partial charge in [0.25, 0.3) is 0 Å². The van der Waals surface area contributed by atoms with E-state index in [2.05, 4.69) is 48.0 Å². The van der Waals surface area contributed by atoms with Crippen LogP contribution in [-0.4, -0.2) is 22.8 Å². The molecule has 31 heavy (non-hydrogen) atoms. The summed E-state index contributed by atoms with van der Waals surface area (Å²) in [6.45, 7) is 5.65. The third-order valence-electron chi connectivity index (χ3n) is 4.89. The first-order chi connectivity index (χ1) is 15.1. The van der Waals surface area contributed by atoms with Gasteiger partial charge in [0.2, 0.25) is 0 Å². The van der Waals surface area contributed by atoms with Crippen molar-refractivity contribution in [3.8, 4) is 28.1 Å². The minimum atomic E-state index is -0.417. The average molecular weight is 418 g/mol. The number of pyridine rings is 1. The van der Waals surface area contributed by atoms with Gasteiger partial charge >= 0.3 is 0 Å². The van der Waals surface area contributed by atoms with Crippen molar-refractivity contribution in [1.29, 1.82) is 0 Å². The maximum absolute atomic E-state index is 14.2. The first-order valence-electron chi connectivity index (χ1n) is 10.5.